The number of rotatable bonds is 52. The van der Waals surface area contributed by atoms with Gasteiger partial charge < -0.3 is 39.0 Å². The molecule has 1 saturated heterocycles. The minimum Gasteiger partial charge on any atom is -0.479 e. The SMILES string of the molecule is CC/C=C\C/C=C\C/C=C\C/C=C\CCCCCCC(=O)OC(COC(=O)CCCCCCCCCCCCCCCCCCCCC)COC1OC(C(=O)O)C(O)C(O)C1OC(=O)CC/C=C\C/C=C\C/C=C\C/C=C\CC. The van der Waals surface area contributed by atoms with E-state index >= 15 is 0 Å². The van der Waals surface area contributed by atoms with Gasteiger partial charge in [0.15, 0.2) is 24.6 Å². The molecule has 1 rings (SSSR count). The van der Waals surface area contributed by atoms with Crippen LogP contribution in [0.5, 0.6) is 0 Å². The topological polar surface area (TPSA) is 175 Å². The highest BCUT2D eigenvalue weighted by Crippen LogP contribution is 2.26. The van der Waals surface area contributed by atoms with Crippen LogP contribution in [0.2, 0.25) is 0 Å². The molecular weight excluding hydrogens is 997 g/mol. The quantitative estimate of drug-likeness (QED) is 0.0228. The van der Waals surface area contributed by atoms with Crippen LogP contribution in [-0.4, -0.2) is 89.2 Å². The number of carbonyl (C=O) groups is 4. The molecule has 6 unspecified atom stereocenters. The number of allylic oxidation sites excluding steroid dienone is 16. The van der Waals surface area contributed by atoms with Crippen molar-refractivity contribution < 1.29 is 58.2 Å². The van der Waals surface area contributed by atoms with E-state index in [4.69, 9.17) is 23.7 Å². The van der Waals surface area contributed by atoms with Gasteiger partial charge in [0.1, 0.15) is 18.8 Å². The van der Waals surface area contributed by atoms with Gasteiger partial charge in [-0.15, -0.1) is 0 Å². The molecular formula is C67H110O12. The fourth-order valence-electron chi connectivity index (χ4n) is 8.96. The van der Waals surface area contributed by atoms with Gasteiger partial charge >= 0.3 is 23.9 Å². The first-order valence-electron chi connectivity index (χ1n) is 31.2. The van der Waals surface area contributed by atoms with Gasteiger partial charge in [-0.25, -0.2) is 4.79 Å². The minimum atomic E-state index is -1.93. The predicted molar refractivity (Wildman–Crippen MR) is 321 cm³/mol. The van der Waals surface area contributed by atoms with Crippen molar-refractivity contribution in [3.63, 3.8) is 0 Å². The number of carboxylic acids is 1. The maximum Gasteiger partial charge on any atom is 0.335 e. The molecule has 1 aliphatic rings. The molecule has 0 radical (unpaired) electrons. The summed E-state index contributed by atoms with van der Waals surface area (Å²) < 4.78 is 28.4. The molecule has 0 spiro atoms. The fourth-order valence-corrected chi connectivity index (χ4v) is 8.96. The number of ether oxygens (including phenoxy) is 5. The van der Waals surface area contributed by atoms with E-state index in [0.717, 1.165) is 89.9 Å². The van der Waals surface area contributed by atoms with Gasteiger partial charge in [-0.2, -0.15) is 0 Å². The lowest BCUT2D eigenvalue weighted by Crippen LogP contribution is -2.61. The van der Waals surface area contributed by atoms with E-state index in [1.165, 1.54) is 96.3 Å². The van der Waals surface area contributed by atoms with Crippen molar-refractivity contribution >= 4 is 23.9 Å². The second kappa shape index (κ2) is 54.2. The second-order valence-corrected chi connectivity index (χ2v) is 20.9. The third kappa shape index (κ3) is 44.0. The zero-order valence-electron chi connectivity index (χ0n) is 49.6. The predicted octanol–water partition coefficient (Wildman–Crippen LogP) is 16.5. The standard InChI is InChI=1S/C67H110O12/c1-4-7-10-13-16-19-22-25-27-29-30-32-33-36-38-41-44-47-50-53-59(68)75-56-58(77-60(69)54-51-48-45-42-40-37-34-31-28-26-23-20-17-14-11-8-5-2)57-76-67-65(63(72)62(71)64(79-67)66(73)74)78-61(70)55-52-49-46-43-39-35-24-21-18-15-12-9-6-3/h8-9,11-12,17-18,20-21,26,28,34-35,37,39,46,49,58,62-65,67,71-72H,4-7,10,13-16,19,22-25,27,29-33,36,38,40-45,47-48,50-57H2,1-3H3,(H,73,74)/b11-8-,12-9-,20-17-,21-18-,28-26-,37-34-,39-35-,49-46-. The molecule has 12 nitrogen and oxygen atoms in total. The van der Waals surface area contributed by atoms with E-state index in [2.05, 4.69) is 99.8 Å². The number of aliphatic carboxylic acids is 1. The molecule has 0 aromatic rings. The molecule has 1 heterocycles. The van der Waals surface area contributed by atoms with Gasteiger partial charge in [0.05, 0.1) is 6.61 Å². The molecule has 0 bridgehead atoms. The van der Waals surface area contributed by atoms with Crippen LogP contribution in [0, 0.1) is 0 Å². The first kappa shape index (κ1) is 72.7. The monoisotopic (exact) mass is 1110 g/mol. The summed E-state index contributed by atoms with van der Waals surface area (Å²) in [4.78, 5) is 51.2. The van der Waals surface area contributed by atoms with Crippen molar-refractivity contribution in [1.29, 1.82) is 0 Å². The molecule has 0 aromatic carbocycles. The Balaban J connectivity index is 2.70. The molecule has 450 valence electrons. The van der Waals surface area contributed by atoms with Crippen LogP contribution < -0.4 is 0 Å². The molecule has 0 aliphatic carbocycles. The zero-order chi connectivity index (χ0) is 57.5. The van der Waals surface area contributed by atoms with Crippen LogP contribution >= 0.6 is 0 Å². The van der Waals surface area contributed by atoms with E-state index in [-0.39, 0.29) is 25.9 Å². The molecule has 0 saturated carbocycles. The lowest BCUT2D eigenvalue weighted by Gasteiger charge is -2.40. The lowest BCUT2D eigenvalue weighted by molar-refractivity contribution is -0.301. The summed E-state index contributed by atoms with van der Waals surface area (Å²) in [6.45, 7) is 5.73. The summed E-state index contributed by atoms with van der Waals surface area (Å²) in [5.74, 6) is -3.26. The van der Waals surface area contributed by atoms with E-state index in [1.807, 2.05) is 18.2 Å². The largest absolute Gasteiger partial charge is 0.479 e. The number of hydrogen-bond donors (Lipinski definition) is 3. The van der Waals surface area contributed by atoms with Crippen molar-refractivity contribution in [2.24, 2.45) is 0 Å². The molecule has 1 fully saturated rings. The number of unbranched alkanes of at least 4 members (excludes halogenated alkanes) is 22. The van der Waals surface area contributed by atoms with E-state index in [1.54, 1.807) is 0 Å². The average Bonchev–Trinajstić information content (AvgIpc) is 3.46. The molecule has 3 N–H and O–H groups in total. The summed E-state index contributed by atoms with van der Waals surface area (Å²) >= 11 is 0. The van der Waals surface area contributed by atoms with E-state index in [0.29, 0.717) is 25.7 Å². The number of carboxylic acid groups (broad SMARTS) is 1. The van der Waals surface area contributed by atoms with Crippen LogP contribution in [0.1, 0.15) is 252 Å². The summed E-state index contributed by atoms with van der Waals surface area (Å²) in [5.41, 5.74) is 0. The van der Waals surface area contributed by atoms with Crippen molar-refractivity contribution in [3.05, 3.63) is 97.2 Å². The fraction of sp³-hybridized carbons (Fsp3) is 0.701. The highest BCUT2D eigenvalue weighted by molar-refractivity contribution is 5.74. The number of esters is 3. The van der Waals surface area contributed by atoms with Crippen molar-refractivity contribution in [1.82, 2.24) is 0 Å². The van der Waals surface area contributed by atoms with Crippen LogP contribution in [0.3, 0.4) is 0 Å². The smallest absolute Gasteiger partial charge is 0.335 e. The number of aliphatic hydroxyl groups is 2. The molecule has 79 heavy (non-hydrogen) atoms. The van der Waals surface area contributed by atoms with E-state index < -0.39 is 67.3 Å². The number of aliphatic hydroxyl groups excluding tert-OH is 2. The number of carbonyl (C=O) groups excluding carboxylic acids is 3. The summed E-state index contributed by atoms with van der Waals surface area (Å²) in [5, 5.41) is 31.5. The molecule has 12 heteroatoms. The first-order chi connectivity index (χ1) is 38.6. The van der Waals surface area contributed by atoms with Gasteiger partial charge in [-0.3, -0.25) is 14.4 Å². The van der Waals surface area contributed by atoms with Crippen LogP contribution in [0.25, 0.3) is 0 Å². The molecule has 1 aliphatic heterocycles. The maximum absolute atomic E-state index is 13.2. The Morgan fingerprint density at radius 2 is 0.823 bits per heavy atom. The molecule has 0 amide bonds. The highest BCUT2D eigenvalue weighted by Gasteiger charge is 2.50. The zero-order valence-corrected chi connectivity index (χ0v) is 49.6. The highest BCUT2D eigenvalue weighted by atomic mass is 16.7. The van der Waals surface area contributed by atoms with Gasteiger partial charge in [0, 0.05) is 19.3 Å². The Bertz CT molecular complexity index is 1740. The number of hydrogen-bond acceptors (Lipinski definition) is 11. The average molecular weight is 1110 g/mol. The molecule has 0 aromatic heterocycles. The van der Waals surface area contributed by atoms with Gasteiger partial charge in [0.25, 0.3) is 0 Å². The summed E-state index contributed by atoms with van der Waals surface area (Å²) in [6.07, 6.45) is 59.7. The van der Waals surface area contributed by atoms with Crippen molar-refractivity contribution in [2.75, 3.05) is 13.2 Å². The first-order valence-corrected chi connectivity index (χ1v) is 31.2. The van der Waals surface area contributed by atoms with Crippen LogP contribution in [-0.2, 0) is 42.9 Å². The van der Waals surface area contributed by atoms with Crippen LogP contribution in [0.4, 0.5) is 0 Å². The Morgan fingerprint density at radius 3 is 1.27 bits per heavy atom. The minimum absolute atomic E-state index is 0.0667. The second-order valence-electron chi connectivity index (χ2n) is 20.9. The maximum atomic E-state index is 13.2. The Hall–Kier alpha value is -4.36. The van der Waals surface area contributed by atoms with E-state index in [9.17, 15) is 34.5 Å². The lowest BCUT2D eigenvalue weighted by atomic mass is 9.98. The Kier molecular flexibility index (Phi) is 49.9. The van der Waals surface area contributed by atoms with Crippen molar-refractivity contribution in [2.45, 2.75) is 289 Å². The van der Waals surface area contributed by atoms with Gasteiger partial charge in [-0.05, 0) is 83.5 Å². The Morgan fingerprint density at radius 1 is 0.430 bits per heavy atom. The summed E-state index contributed by atoms with van der Waals surface area (Å²) in [7, 11) is 0. The van der Waals surface area contributed by atoms with Crippen molar-refractivity contribution in [3.8, 4) is 0 Å². The normalized spacial score (nSPS) is 18.5. The van der Waals surface area contributed by atoms with Crippen LogP contribution in [0.15, 0.2) is 97.2 Å². The Labute approximate surface area is 479 Å². The van der Waals surface area contributed by atoms with Gasteiger partial charge in [0.2, 0.25) is 0 Å². The molecule has 6 atom stereocenters. The summed E-state index contributed by atoms with van der Waals surface area (Å²) in [6, 6.07) is 0. The third-order valence-electron chi connectivity index (χ3n) is 13.7. The third-order valence-corrected chi connectivity index (χ3v) is 13.7. The van der Waals surface area contributed by atoms with Gasteiger partial charge in [-0.1, -0.05) is 246 Å².